The standard InChI is InChI=1S/C21H19ClN2O3S2/c1-24(17-9-6-8-16(22)14-17)29(26,27)18-10-5-7-15(13-18)21(25)23-19-11-3-4-12-20(19)28-2/h3-14H,1-2H3,(H,23,25). The number of hydrogen-bond donors (Lipinski definition) is 1. The van der Waals surface area contributed by atoms with Crippen LogP contribution in [0.3, 0.4) is 0 Å². The van der Waals surface area contributed by atoms with Crippen molar-refractivity contribution in [3.63, 3.8) is 0 Å². The first-order valence-electron chi connectivity index (χ1n) is 8.62. The molecule has 0 saturated heterocycles. The lowest BCUT2D eigenvalue weighted by atomic mass is 10.2. The summed E-state index contributed by atoms with van der Waals surface area (Å²) in [5.74, 6) is -0.381. The van der Waals surface area contributed by atoms with E-state index in [0.717, 1.165) is 9.20 Å². The van der Waals surface area contributed by atoms with E-state index in [2.05, 4.69) is 5.32 Å². The van der Waals surface area contributed by atoms with Gasteiger partial charge in [-0.2, -0.15) is 0 Å². The van der Waals surface area contributed by atoms with Crippen molar-refractivity contribution in [3.05, 3.63) is 83.4 Å². The van der Waals surface area contributed by atoms with Crippen LogP contribution < -0.4 is 9.62 Å². The summed E-state index contributed by atoms with van der Waals surface area (Å²) in [6.45, 7) is 0. The molecule has 0 saturated carbocycles. The number of carbonyl (C=O) groups excluding carboxylic acids is 1. The summed E-state index contributed by atoms with van der Waals surface area (Å²) in [5.41, 5.74) is 1.36. The number of thioether (sulfide) groups is 1. The zero-order valence-corrected chi connectivity index (χ0v) is 18.2. The van der Waals surface area contributed by atoms with Crippen LogP contribution in [0.15, 0.2) is 82.6 Å². The Morgan fingerprint density at radius 2 is 1.72 bits per heavy atom. The number of anilines is 2. The minimum absolute atomic E-state index is 0.0192. The highest BCUT2D eigenvalue weighted by molar-refractivity contribution is 7.98. The number of halogens is 1. The Balaban J connectivity index is 1.89. The van der Waals surface area contributed by atoms with E-state index < -0.39 is 10.0 Å². The SMILES string of the molecule is CSc1ccccc1NC(=O)c1cccc(S(=O)(=O)N(C)c2cccc(Cl)c2)c1. The summed E-state index contributed by atoms with van der Waals surface area (Å²) >= 11 is 7.49. The van der Waals surface area contributed by atoms with Gasteiger partial charge in [0.2, 0.25) is 0 Å². The molecule has 0 aliphatic heterocycles. The number of nitrogens with one attached hydrogen (secondary N) is 1. The van der Waals surface area contributed by atoms with E-state index >= 15 is 0 Å². The number of benzene rings is 3. The Kier molecular flexibility index (Phi) is 6.52. The summed E-state index contributed by atoms with van der Waals surface area (Å²) < 4.78 is 27.2. The molecule has 8 heteroatoms. The normalized spacial score (nSPS) is 11.1. The lowest BCUT2D eigenvalue weighted by Crippen LogP contribution is -2.26. The molecule has 29 heavy (non-hydrogen) atoms. The molecule has 0 atom stereocenters. The molecule has 0 aliphatic rings. The van der Waals surface area contributed by atoms with Gasteiger partial charge >= 0.3 is 0 Å². The number of rotatable bonds is 6. The molecule has 0 radical (unpaired) electrons. The largest absolute Gasteiger partial charge is 0.321 e. The second-order valence-electron chi connectivity index (χ2n) is 6.13. The first kappa shape index (κ1) is 21.2. The van der Waals surface area contributed by atoms with Gasteiger partial charge in [0.15, 0.2) is 0 Å². The molecule has 0 bridgehead atoms. The van der Waals surface area contributed by atoms with Crippen LogP contribution in [0.1, 0.15) is 10.4 Å². The fourth-order valence-corrected chi connectivity index (χ4v) is 4.68. The lowest BCUT2D eigenvalue weighted by molar-refractivity contribution is 0.102. The van der Waals surface area contributed by atoms with Crippen LogP contribution in [0.25, 0.3) is 0 Å². The predicted molar refractivity (Wildman–Crippen MR) is 120 cm³/mol. The smallest absolute Gasteiger partial charge is 0.264 e. The van der Waals surface area contributed by atoms with Gasteiger partial charge in [0.05, 0.1) is 16.3 Å². The highest BCUT2D eigenvalue weighted by Gasteiger charge is 2.23. The number of carbonyl (C=O) groups is 1. The zero-order valence-electron chi connectivity index (χ0n) is 15.8. The van der Waals surface area contributed by atoms with E-state index in [9.17, 15) is 13.2 Å². The Bertz CT molecular complexity index is 1150. The van der Waals surface area contributed by atoms with E-state index in [1.165, 1.54) is 30.9 Å². The summed E-state index contributed by atoms with van der Waals surface area (Å²) in [6, 6.07) is 19.9. The van der Waals surface area contributed by atoms with Gasteiger partial charge < -0.3 is 5.32 Å². The van der Waals surface area contributed by atoms with E-state index in [4.69, 9.17) is 11.6 Å². The molecule has 5 nitrogen and oxygen atoms in total. The van der Waals surface area contributed by atoms with Crippen molar-refractivity contribution >= 4 is 50.7 Å². The fraction of sp³-hybridized carbons (Fsp3) is 0.0952. The maximum Gasteiger partial charge on any atom is 0.264 e. The number of sulfonamides is 1. The molecule has 1 N–H and O–H groups in total. The van der Waals surface area contributed by atoms with E-state index in [-0.39, 0.29) is 16.4 Å². The molecule has 3 aromatic rings. The second-order valence-corrected chi connectivity index (χ2v) is 9.39. The van der Waals surface area contributed by atoms with Crippen LogP contribution in [0.5, 0.6) is 0 Å². The van der Waals surface area contributed by atoms with Crippen LogP contribution in [-0.4, -0.2) is 27.6 Å². The van der Waals surface area contributed by atoms with Gasteiger partial charge in [-0.25, -0.2) is 8.42 Å². The highest BCUT2D eigenvalue weighted by atomic mass is 35.5. The first-order chi connectivity index (χ1) is 13.8. The van der Waals surface area contributed by atoms with Gasteiger partial charge in [-0.05, 0) is 54.8 Å². The lowest BCUT2D eigenvalue weighted by Gasteiger charge is -2.20. The predicted octanol–water partition coefficient (Wildman–Crippen LogP) is 5.14. The van der Waals surface area contributed by atoms with Crippen molar-refractivity contribution in [1.82, 2.24) is 0 Å². The number of nitrogens with zero attached hydrogens (tertiary/aromatic N) is 1. The van der Waals surface area contributed by atoms with Gasteiger partial charge in [-0.3, -0.25) is 9.10 Å². The van der Waals surface area contributed by atoms with Gasteiger partial charge in [0.1, 0.15) is 0 Å². The third-order valence-corrected chi connectivity index (χ3v) is 7.09. The number of amides is 1. The van der Waals surface area contributed by atoms with Crippen molar-refractivity contribution in [2.24, 2.45) is 0 Å². The van der Waals surface area contributed by atoms with Crippen molar-refractivity contribution in [2.75, 3.05) is 22.9 Å². The molecule has 3 aromatic carbocycles. The summed E-state index contributed by atoms with van der Waals surface area (Å²) in [6.07, 6.45) is 1.92. The maximum atomic E-state index is 13.0. The molecule has 1 amide bonds. The summed E-state index contributed by atoms with van der Waals surface area (Å²) in [7, 11) is -2.41. The molecule has 0 heterocycles. The van der Waals surface area contributed by atoms with Crippen molar-refractivity contribution in [2.45, 2.75) is 9.79 Å². The minimum atomic E-state index is -3.86. The van der Waals surface area contributed by atoms with Gasteiger partial charge in [0.25, 0.3) is 15.9 Å². The zero-order chi connectivity index (χ0) is 21.0. The second kappa shape index (κ2) is 8.90. The van der Waals surface area contributed by atoms with E-state index in [0.29, 0.717) is 16.4 Å². The Morgan fingerprint density at radius 1 is 1.00 bits per heavy atom. The van der Waals surface area contributed by atoms with E-state index in [1.807, 2.05) is 24.5 Å². The van der Waals surface area contributed by atoms with Crippen LogP contribution >= 0.6 is 23.4 Å². The maximum absolute atomic E-state index is 13.0. The quantitative estimate of drug-likeness (QED) is 0.532. The van der Waals surface area contributed by atoms with Crippen molar-refractivity contribution < 1.29 is 13.2 Å². The molecule has 0 spiro atoms. The average Bonchev–Trinajstić information content (AvgIpc) is 2.73. The first-order valence-corrected chi connectivity index (χ1v) is 11.7. The molecule has 0 fully saturated rings. The Hall–Kier alpha value is -2.48. The van der Waals surface area contributed by atoms with Crippen LogP contribution in [0.4, 0.5) is 11.4 Å². The fourth-order valence-electron chi connectivity index (χ4n) is 2.71. The Labute approximate surface area is 179 Å². The molecular formula is C21H19ClN2O3S2. The molecule has 0 aromatic heterocycles. The van der Waals surface area contributed by atoms with E-state index in [1.54, 1.807) is 42.5 Å². The molecular weight excluding hydrogens is 428 g/mol. The molecule has 150 valence electrons. The summed E-state index contributed by atoms with van der Waals surface area (Å²) in [5, 5.41) is 3.27. The van der Waals surface area contributed by atoms with Crippen LogP contribution in [0, 0.1) is 0 Å². The molecule has 0 aliphatic carbocycles. The minimum Gasteiger partial charge on any atom is -0.321 e. The monoisotopic (exact) mass is 446 g/mol. The van der Waals surface area contributed by atoms with Crippen molar-refractivity contribution in [3.8, 4) is 0 Å². The third-order valence-electron chi connectivity index (χ3n) is 4.28. The topological polar surface area (TPSA) is 66.5 Å². The Morgan fingerprint density at radius 3 is 2.45 bits per heavy atom. The highest BCUT2D eigenvalue weighted by Crippen LogP contribution is 2.27. The van der Waals surface area contributed by atoms with Crippen LogP contribution in [0.2, 0.25) is 5.02 Å². The summed E-state index contributed by atoms with van der Waals surface area (Å²) in [4.78, 5) is 13.6. The van der Waals surface area contributed by atoms with Crippen molar-refractivity contribution in [1.29, 1.82) is 0 Å². The van der Waals surface area contributed by atoms with Gasteiger partial charge in [-0.15, -0.1) is 11.8 Å². The number of para-hydroxylation sites is 1. The average molecular weight is 447 g/mol. The third kappa shape index (κ3) is 4.75. The number of hydrogen-bond acceptors (Lipinski definition) is 4. The van der Waals surface area contributed by atoms with Crippen LogP contribution in [-0.2, 0) is 10.0 Å². The molecule has 3 rings (SSSR count). The van der Waals surface area contributed by atoms with Gasteiger partial charge in [-0.1, -0.05) is 35.9 Å². The van der Waals surface area contributed by atoms with Gasteiger partial charge in [0, 0.05) is 22.5 Å². The molecule has 0 unspecified atom stereocenters.